The Morgan fingerprint density at radius 3 is 1.90 bits per heavy atom. The van der Waals surface area contributed by atoms with E-state index in [0.717, 1.165) is 44.3 Å². The lowest BCUT2D eigenvalue weighted by molar-refractivity contribution is -0.164. The minimum absolute atomic E-state index is 0.0252. The third kappa shape index (κ3) is 9.33. The Kier molecular flexibility index (Phi) is 12.0. The molecule has 1 aliphatic heterocycles. The van der Waals surface area contributed by atoms with E-state index in [2.05, 4.69) is 24.4 Å². The van der Waals surface area contributed by atoms with E-state index in [0.29, 0.717) is 6.42 Å². The van der Waals surface area contributed by atoms with Crippen molar-refractivity contribution in [2.24, 2.45) is 0 Å². The molecule has 0 aliphatic carbocycles. The van der Waals surface area contributed by atoms with Crippen LogP contribution in [0.5, 0.6) is 0 Å². The van der Waals surface area contributed by atoms with Crippen LogP contribution in [0.1, 0.15) is 109 Å². The average molecular weight is 402 g/mol. The predicted molar refractivity (Wildman–Crippen MR) is 122 cm³/mol. The molecule has 0 saturated carbocycles. The van der Waals surface area contributed by atoms with Gasteiger partial charge in [-0.1, -0.05) is 108 Å². The van der Waals surface area contributed by atoms with Gasteiger partial charge in [-0.2, -0.15) is 0 Å². The molecule has 29 heavy (non-hydrogen) atoms. The first-order chi connectivity index (χ1) is 14.3. The van der Waals surface area contributed by atoms with Gasteiger partial charge in [0.25, 0.3) is 0 Å². The number of unbranched alkanes of at least 4 members (excludes halogenated alkanes) is 11. The molecule has 0 unspecified atom stereocenters. The van der Waals surface area contributed by atoms with Crippen molar-refractivity contribution in [1.29, 1.82) is 0 Å². The van der Waals surface area contributed by atoms with Gasteiger partial charge in [-0.05, 0) is 25.1 Å². The predicted octanol–water partition coefficient (Wildman–Crippen LogP) is 6.90. The summed E-state index contributed by atoms with van der Waals surface area (Å²) >= 11 is 0. The van der Waals surface area contributed by atoms with Crippen molar-refractivity contribution in [3.05, 3.63) is 35.9 Å². The zero-order valence-electron chi connectivity index (χ0n) is 18.7. The molecule has 3 heteroatoms. The highest BCUT2D eigenvalue weighted by Gasteiger charge is 2.37. The summed E-state index contributed by atoms with van der Waals surface area (Å²) in [6, 6.07) is 10.3. The SMILES string of the molecule is CCCCCCCCCCCCCCC(=O)OC1(c2ccccc2)CCNCC1. The van der Waals surface area contributed by atoms with E-state index in [9.17, 15) is 4.79 Å². The summed E-state index contributed by atoms with van der Waals surface area (Å²) in [7, 11) is 0. The molecule has 1 saturated heterocycles. The van der Waals surface area contributed by atoms with Crippen molar-refractivity contribution >= 4 is 5.97 Å². The Hall–Kier alpha value is -1.35. The number of rotatable bonds is 15. The van der Waals surface area contributed by atoms with Crippen LogP contribution in [0, 0.1) is 0 Å². The van der Waals surface area contributed by atoms with Gasteiger partial charge in [-0.25, -0.2) is 0 Å². The van der Waals surface area contributed by atoms with Crippen LogP contribution in [0.3, 0.4) is 0 Å². The van der Waals surface area contributed by atoms with E-state index in [1.165, 1.54) is 64.2 Å². The molecule has 0 atom stereocenters. The van der Waals surface area contributed by atoms with Crippen LogP contribution in [-0.2, 0) is 15.1 Å². The van der Waals surface area contributed by atoms with E-state index in [1.807, 2.05) is 18.2 Å². The minimum atomic E-state index is -0.430. The Morgan fingerprint density at radius 1 is 0.828 bits per heavy atom. The molecule has 1 N–H and O–H groups in total. The average Bonchev–Trinajstić information content (AvgIpc) is 2.76. The summed E-state index contributed by atoms with van der Waals surface area (Å²) < 4.78 is 6.09. The highest BCUT2D eigenvalue weighted by Crippen LogP contribution is 2.35. The van der Waals surface area contributed by atoms with Gasteiger partial charge in [0, 0.05) is 19.3 Å². The van der Waals surface area contributed by atoms with Gasteiger partial charge in [0.15, 0.2) is 0 Å². The summed E-state index contributed by atoms with van der Waals surface area (Å²) in [6.07, 6.45) is 18.0. The third-order valence-electron chi connectivity index (χ3n) is 6.25. The first-order valence-electron chi connectivity index (χ1n) is 12.2. The Balaban J connectivity index is 1.56. The maximum absolute atomic E-state index is 12.5. The second-order valence-electron chi connectivity index (χ2n) is 8.72. The molecular weight excluding hydrogens is 358 g/mol. The Bertz CT molecular complexity index is 537. The van der Waals surface area contributed by atoms with Gasteiger partial charge in [0.1, 0.15) is 5.60 Å². The lowest BCUT2D eigenvalue weighted by atomic mass is 9.84. The molecule has 0 spiro atoms. The van der Waals surface area contributed by atoms with Crippen molar-refractivity contribution in [2.45, 2.75) is 109 Å². The number of nitrogens with one attached hydrogen (secondary N) is 1. The van der Waals surface area contributed by atoms with Crippen LogP contribution in [-0.4, -0.2) is 19.1 Å². The maximum atomic E-state index is 12.5. The van der Waals surface area contributed by atoms with Crippen LogP contribution < -0.4 is 5.32 Å². The summed E-state index contributed by atoms with van der Waals surface area (Å²) in [4.78, 5) is 12.5. The lowest BCUT2D eigenvalue weighted by Gasteiger charge is -2.37. The van der Waals surface area contributed by atoms with Gasteiger partial charge >= 0.3 is 5.97 Å². The largest absolute Gasteiger partial charge is 0.454 e. The zero-order chi connectivity index (χ0) is 20.6. The molecule has 164 valence electrons. The number of hydrogen-bond donors (Lipinski definition) is 1. The molecule has 1 aliphatic rings. The second kappa shape index (κ2) is 14.6. The molecule has 1 fully saturated rings. The normalized spacial score (nSPS) is 15.9. The first kappa shape index (κ1) is 23.9. The topological polar surface area (TPSA) is 38.3 Å². The Labute approximate surface area is 179 Å². The van der Waals surface area contributed by atoms with Crippen LogP contribution in [0.4, 0.5) is 0 Å². The number of ether oxygens (including phenoxy) is 1. The summed E-state index contributed by atoms with van der Waals surface area (Å²) in [6.45, 7) is 4.08. The van der Waals surface area contributed by atoms with Crippen LogP contribution in [0.2, 0.25) is 0 Å². The van der Waals surface area contributed by atoms with E-state index >= 15 is 0 Å². The fourth-order valence-electron chi connectivity index (χ4n) is 4.40. The second-order valence-corrected chi connectivity index (χ2v) is 8.72. The van der Waals surface area contributed by atoms with E-state index in [1.54, 1.807) is 0 Å². The number of piperidine rings is 1. The van der Waals surface area contributed by atoms with Gasteiger partial charge in [-0.15, -0.1) is 0 Å². The van der Waals surface area contributed by atoms with Crippen molar-refractivity contribution in [1.82, 2.24) is 5.32 Å². The number of carbonyl (C=O) groups is 1. The summed E-state index contributed by atoms with van der Waals surface area (Å²) in [5.74, 6) is -0.0252. The Morgan fingerprint density at radius 2 is 1.34 bits per heavy atom. The smallest absolute Gasteiger partial charge is 0.306 e. The number of benzene rings is 1. The molecule has 3 nitrogen and oxygen atoms in total. The highest BCUT2D eigenvalue weighted by atomic mass is 16.6. The standard InChI is InChI=1S/C26H43NO2/c1-2-3-4-5-6-7-8-9-10-11-12-16-19-25(28)29-26(20-22-27-23-21-26)24-17-14-13-15-18-24/h13-15,17-18,27H,2-12,16,19-23H2,1H3. The maximum Gasteiger partial charge on any atom is 0.306 e. The number of hydrogen-bond acceptors (Lipinski definition) is 3. The third-order valence-corrected chi connectivity index (χ3v) is 6.25. The molecule has 1 aromatic rings. The molecule has 0 amide bonds. The van der Waals surface area contributed by atoms with Gasteiger partial charge < -0.3 is 10.1 Å². The summed E-state index contributed by atoms with van der Waals surface area (Å²) in [5, 5.41) is 3.38. The van der Waals surface area contributed by atoms with Gasteiger partial charge in [-0.3, -0.25) is 4.79 Å². The molecular formula is C26H43NO2. The van der Waals surface area contributed by atoms with Crippen molar-refractivity contribution in [2.75, 3.05) is 13.1 Å². The van der Waals surface area contributed by atoms with E-state index in [-0.39, 0.29) is 5.97 Å². The van der Waals surface area contributed by atoms with Gasteiger partial charge in [0.2, 0.25) is 0 Å². The van der Waals surface area contributed by atoms with E-state index < -0.39 is 5.60 Å². The first-order valence-corrected chi connectivity index (χ1v) is 12.2. The molecule has 0 aromatic heterocycles. The monoisotopic (exact) mass is 401 g/mol. The molecule has 1 heterocycles. The van der Waals surface area contributed by atoms with Crippen molar-refractivity contribution in [3.8, 4) is 0 Å². The van der Waals surface area contributed by atoms with Crippen LogP contribution in [0.15, 0.2) is 30.3 Å². The number of carbonyl (C=O) groups excluding carboxylic acids is 1. The van der Waals surface area contributed by atoms with Crippen molar-refractivity contribution < 1.29 is 9.53 Å². The van der Waals surface area contributed by atoms with E-state index in [4.69, 9.17) is 4.74 Å². The van der Waals surface area contributed by atoms with Crippen molar-refractivity contribution in [3.63, 3.8) is 0 Å². The lowest BCUT2D eigenvalue weighted by Crippen LogP contribution is -2.43. The van der Waals surface area contributed by atoms with Gasteiger partial charge in [0.05, 0.1) is 0 Å². The fourth-order valence-corrected chi connectivity index (χ4v) is 4.40. The quantitative estimate of drug-likeness (QED) is 0.256. The summed E-state index contributed by atoms with van der Waals surface area (Å²) in [5.41, 5.74) is 0.713. The van der Waals surface area contributed by atoms with Crippen LogP contribution >= 0.6 is 0 Å². The molecule has 0 radical (unpaired) electrons. The fraction of sp³-hybridized carbons (Fsp3) is 0.731. The zero-order valence-corrected chi connectivity index (χ0v) is 18.7. The molecule has 1 aromatic carbocycles. The van der Waals surface area contributed by atoms with Crippen LogP contribution in [0.25, 0.3) is 0 Å². The highest BCUT2D eigenvalue weighted by molar-refractivity contribution is 5.70. The molecule has 2 rings (SSSR count). The molecule has 0 bridgehead atoms. The minimum Gasteiger partial charge on any atom is -0.454 e. The number of esters is 1.